The molecule has 0 radical (unpaired) electrons. The van der Waals surface area contributed by atoms with E-state index in [-0.39, 0.29) is 5.78 Å². The van der Waals surface area contributed by atoms with Crippen molar-refractivity contribution in [2.75, 3.05) is 0 Å². The lowest BCUT2D eigenvalue weighted by atomic mass is 9.94. The lowest BCUT2D eigenvalue weighted by Gasteiger charge is -2.09. The predicted molar refractivity (Wildman–Crippen MR) is 75.8 cm³/mol. The molecule has 0 bridgehead atoms. The maximum absolute atomic E-state index is 12.4. The van der Waals surface area contributed by atoms with Gasteiger partial charge in [0.2, 0.25) is 0 Å². The molecule has 0 N–H and O–H groups in total. The predicted octanol–water partition coefficient (Wildman–Crippen LogP) is 3.62. The Balaban J connectivity index is 2.41. The van der Waals surface area contributed by atoms with E-state index in [9.17, 15) is 9.59 Å². The van der Waals surface area contributed by atoms with Crippen molar-refractivity contribution in [3.8, 4) is 0 Å². The SMILES string of the molecule is Cc1c(CC=O)cccc1C(=O)c1ccc(Cl)cc1. The molecule has 0 heterocycles. The molecule has 2 aromatic rings. The van der Waals surface area contributed by atoms with E-state index in [1.165, 1.54) is 0 Å². The summed E-state index contributed by atoms with van der Waals surface area (Å²) < 4.78 is 0. The molecule has 0 fully saturated rings. The van der Waals surface area contributed by atoms with Crippen LogP contribution < -0.4 is 0 Å². The van der Waals surface area contributed by atoms with Gasteiger partial charge in [0, 0.05) is 22.6 Å². The van der Waals surface area contributed by atoms with Crippen LogP contribution in [0.25, 0.3) is 0 Å². The van der Waals surface area contributed by atoms with Gasteiger partial charge >= 0.3 is 0 Å². The zero-order chi connectivity index (χ0) is 13.8. The molecular formula is C16H13ClO2. The minimum Gasteiger partial charge on any atom is -0.303 e. The second-order valence-electron chi connectivity index (χ2n) is 4.30. The Morgan fingerprint density at radius 1 is 1.16 bits per heavy atom. The van der Waals surface area contributed by atoms with E-state index in [0.29, 0.717) is 22.6 Å². The third-order valence-corrected chi connectivity index (χ3v) is 3.35. The van der Waals surface area contributed by atoms with Gasteiger partial charge in [0.25, 0.3) is 0 Å². The standard InChI is InChI=1S/C16H13ClO2/c1-11-12(9-10-18)3-2-4-15(11)16(19)13-5-7-14(17)8-6-13/h2-8,10H,9H2,1H3. The van der Waals surface area contributed by atoms with Gasteiger partial charge in [-0.25, -0.2) is 0 Å². The largest absolute Gasteiger partial charge is 0.303 e. The van der Waals surface area contributed by atoms with E-state index in [2.05, 4.69) is 0 Å². The topological polar surface area (TPSA) is 34.1 Å². The minimum absolute atomic E-state index is 0.0538. The third kappa shape index (κ3) is 2.91. The highest BCUT2D eigenvalue weighted by molar-refractivity contribution is 6.30. The molecule has 0 aliphatic rings. The number of benzene rings is 2. The highest BCUT2D eigenvalue weighted by atomic mass is 35.5. The van der Waals surface area contributed by atoms with Gasteiger partial charge in [0.1, 0.15) is 6.29 Å². The van der Waals surface area contributed by atoms with Gasteiger partial charge in [-0.2, -0.15) is 0 Å². The van der Waals surface area contributed by atoms with Crippen LogP contribution in [0, 0.1) is 6.92 Å². The normalized spacial score (nSPS) is 10.2. The van der Waals surface area contributed by atoms with Crippen molar-refractivity contribution in [2.45, 2.75) is 13.3 Å². The fourth-order valence-corrected chi connectivity index (χ4v) is 2.12. The second kappa shape index (κ2) is 5.81. The van der Waals surface area contributed by atoms with Crippen molar-refractivity contribution in [2.24, 2.45) is 0 Å². The Labute approximate surface area is 117 Å². The summed E-state index contributed by atoms with van der Waals surface area (Å²) in [4.78, 5) is 23.0. The monoisotopic (exact) mass is 272 g/mol. The van der Waals surface area contributed by atoms with E-state index in [0.717, 1.165) is 17.4 Å². The van der Waals surface area contributed by atoms with Crippen LogP contribution in [0.1, 0.15) is 27.0 Å². The lowest BCUT2D eigenvalue weighted by Crippen LogP contribution is -2.05. The first-order valence-corrected chi connectivity index (χ1v) is 6.33. The van der Waals surface area contributed by atoms with Crippen LogP contribution in [0.3, 0.4) is 0 Å². The number of hydrogen-bond acceptors (Lipinski definition) is 2. The molecule has 0 aliphatic carbocycles. The molecule has 0 saturated carbocycles. The van der Waals surface area contributed by atoms with E-state index < -0.39 is 0 Å². The molecule has 2 rings (SSSR count). The number of ketones is 1. The summed E-state index contributed by atoms with van der Waals surface area (Å²) in [7, 11) is 0. The Hall–Kier alpha value is -1.93. The summed E-state index contributed by atoms with van der Waals surface area (Å²) in [6.07, 6.45) is 1.17. The smallest absolute Gasteiger partial charge is 0.193 e. The van der Waals surface area contributed by atoms with Crippen molar-refractivity contribution in [3.63, 3.8) is 0 Å². The fraction of sp³-hybridized carbons (Fsp3) is 0.125. The minimum atomic E-state index is -0.0538. The Morgan fingerprint density at radius 2 is 1.84 bits per heavy atom. The number of rotatable bonds is 4. The highest BCUT2D eigenvalue weighted by Gasteiger charge is 2.13. The molecule has 0 amide bonds. The number of carbonyl (C=O) groups excluding carboxylic acids is 2. The highest BCUT2D eigenvalue weighted by Crippen LogP contribution is 2.19. The molecule has 3 heteroatoms. The molecule has 0 atom stereocenters. The van der Waals surface area contributed by atoms with Gasteiger partial charge in [-0.15, -0.1) is 0 Å². The summed E-state index contributed by atoms with van der Waals surface area (Å²) in [6, 6.07) is 12.2. The van der Waals surface area contributed by atoms with Crippen molar-refractivity contribution in [1.82, 2.24) is 0 Å². The van der Waals surface area contributed by atoms with Crippen molar-refractivity contribution in [1.29, 1.82) is 0 Å². The van der Waals surface area contributed by atoms with Crippen LogP contribution in [-0.4, -0.2) is 12.1 Å². The van der Waals surface area contributed by atoms with Crippen molar-refractivity contribution >= 4 is 23.7 Å². The Morgan fingerprint density at radius 3 is 2.47 bits per heavy atom. The van der Waals surface area contributed by atoms with Gasteiger partial charge in [0.05, 0.1) is 0 Å². The van der Waals surface area contributed by atoms with Gasteiger partial charge in [0.15, 0.2) is 5.78 Å². The van der Waals surface area contributed by atoms with Gasteiger partial charge in [-0.05, 0) is 42.3 Å². The van der Waals surface area contributed by atoms with Gasteiger partial charge < -0.3 is 4.79 Å². The molecule has 0 unspecified atom stereocenters. The molecule has 2 aromatic carbocycles. The molecule has 96 valence electrons. The number of aldehydes is 1. The van der Waals surface area contributed by atoms with Crippen LogP contribution in [-0.2, 0) is 11.2 Å². The maximum atomic E-state index is 12.4. The van der Waals surface area contributed by atoms with Gasteiger partial charge in [-0.3, -0.25) is 4.79 Å². The van der Waals surface area contributed by atoms with Crippen LogP contribution >= 0.6 is 11.6 Å². The first-order chi connectivity index (χ1) is 9.13. The van der Waals surface area contributed by atoms with Crippen LogP contribution in [0.2, 0.25) is 5.02 Å². The zero-order valence-corrected chi connectivity index (χ0v) is 11.3. The van der Waals surface area contributed by atoms with Gasteiger partial charge in [-0.1, -0.05) is 29.8 Å². The average Bonchev–Trinajstić information content (AvgIpc) is 2.41. The summed E-state index contributed by atoms with van der Waals surface area (Å²) in [5.41, 5.74) is 2.96. The van der Waals surface area contributed by atoms with E-state index in [1.54, 1.807) is 36.4 Å². The molecule has 0 aromatic heterocycles. The van der Waals surface area contributed by atoms with Crippen LogP contribution in [0.4, 0.5) is 0 Å². The van der Waals surface area contributed by atoms with E-state index >= 15 is 0 Å². The lowest BCUT2D eigenvalue weighted by molar-refractivity contribution is -0.107. The first-order valence-electron chi connectivity index (χ1n) is 5.96. The molecule has 0 saturated heterocycles. The fourth-order valence-electron chi connectivity index (χ4n) is 2.00. The molecule has 0 aliphatic heterocycles. The molecule has 19 heavy (non-hydrogen) atoms. The van der Waals surface area contributed by atoms with Crippen LogP contribution in [0.15, 0.2) is 42.5 Å². The number of carbonyl (C=O) groups is 2. The van der Waals surface area contributed by atoms with Crippen LogP contribution in [0.5, 0.6) is 0 Å². The first kappa shape index (κ1) is 13.5. The summed E-state index contributed by atoms with van der Waals surface area (Å²) >= 11 is 5.81. The second-order valence-corrected chi connectivity index (χ2v) is 4.73. The van der Waals surface area contributed by atoms with Crippen molar-refractivity contribution in [3.05, 3.63) is 69.7 Å². The number of halogens is 1. The zero-order valence-electron chi connectivity index (χ0n) is 10.5. The maximum Gasteiger partial charge on any atom is 0.193 e. The van der Waals surface area contributed by atoms with E-state index in [4.69, 9.17) is 11.6 Å². The Bertz CT molecular complexity index is 615. The Kier molecular flexibility index (Phi) is 4.13. The summed E-state index contributed by atoms with van der Waals surface area (Å²) in [5.74, 6) is -0.0538. The van der Waals surface area contributed by atoms with Crippen molar-refractivity contribution < 1.29 is 9.59 Å². The average molecular weight is 273 g/mol. The quantitative estimate of drug-likeness (QED) is 0.629. The molecule has 2 nitrogen and oxygen atoms in total. The number of hydrogen-bond donors (Lipinski definition) is 0. The summed E-state index contributed by atoms with van der Waals surface area (Å²) in [5, 5.41) is 0.600. The molecule has 0 spiro atoms. The van der Waals surface area contributed by atoms with E-state index in [1.807, 2.05) is 13.0 Å². The third-order valence-electron chi connectivity index (χ3n) is 3.10. The molecular weight excluding hydrogens is 260 g/mol. The summed E-state index contributed by atoms with van der Waals surface area (Å²) in [6.45, 7) is 1.86.